The molecule has 8 heteroatoms. The minimum atomic E-state index is -0.675. The topological polar surface area (TPSA) is 108 Å². The highest BCUT2D eigenvalue weighted by molar-refractivity contribution is 6.01. The molecule has 0 aromatic carbocycles. The zero-order valence-electron chi connectivity index (χ0n) is 12.6. The third-order valence-corrected chi connectivity index (χ3v) is 2.28. The van der Waals surface area contributed by atoms with E-state index in [-0.39, 0.29) is 25.9 Å². The first-order valence-electron chi connectivity index (χ1n) is 7.07. The quantitative estimate of drug-likeness (QED) is 0.472. The van der Waals surface area contributed by atoms with Crippen molar-refractivity contribution in [3.8, 4) is 0 Å². The summed E-state index contributed by atoms with van der Waals surface area (Å²) >= 11 is 0. The molecule has 21 heavy (non-hydrogen) atoms. The van der Waals surface area contributed by atoms with Gasteiger partial charge in [0.05, 0.1) is 32.8 Å². The molecule has 1 fully saturated rings. The van der Waals surface area contributed by atoms with E-state index in [0.717, 1.165) is 0 Å². The molecular weight excluding hydrogens is 280 g/mol. The lowest BCUT2D eigenvalue weighted by atomic mass is 10.4. The van der Waals surface area contributed by atoms with Crippen molar-refractivity contribution in [2.75, 3.05) is 33.0 Å². The molecule has 0 aliphatic carbocycles. The summed E-state index contributed by atoms with van der Waals surface area (Å²) in [5.74, 6) is -1.66. The summed E-state index contributed by atoms with van der Waals surface area (Å²) in [6.07, 6.45) is 0.135. The summed E-state index contributed by atoms with van der Waals surface area (Å²) in [5, 5.41) is 0.521. The molecular formula is C13H24N2O6. The van der Waals surface area contributed by atoms with Crippen LogP contribution in [0.15, 0.2) is 0 Å². The molecule has 0 aromatic rings. The van der Waals surface area contributed by atoms with Crippen molar-refractivity contribution in [1.82, 2.24) is 5.06 Å². The van der Waals surface area contributed by atoms with E-state index in [1.54, 1.807) is 0 Å². The van der Waals surface area contributed by atoms with Crippen molar-refractivity contribution in [1.29, 1.82) is 0 Å². The lowest BCUT2D eigenvalue weighted by Crippen LogP contribution is -2.32. The smallest absolute Gasteiger partial charge is 0.335 e. The van der Waals surface area contributed by atoms with Crippen molar-refractivity contribution in [3.05, 3.63) is 0 Å². The van der Waals surface area contributed by atoms with E-state index in [0.29, 0.717) is 31.4 Å². The molecule has 1 saturated heterocycles. The fourth-order valence-corrected chi connectivity index (χ4v) is 1.37. The zero-order chi connectivity index (χ0) is 16.1. The monoisotopic (exact) mass is 304 g/mol. The van der Waals surface area contributed by atoms with Crippen LogP contribution in [-0.2, 0) is 28.7 Å². The molecule has 122 valence electrons. The SMILES string of the molecule is CC.NCCOCCOCCC(=O)ON1C(=O)CCC1=O. The van der Waals surface area contributed by atoms with E-state index in [9.17, 15) is 14.4 Å². The molecule has 2 amide bonds. The van der Waals surface area contributed by atoms with Crippen LogP contribution in [0.1, 0.15) is 33.1 Å². The second-order valence-corrected chi connectivity index (χ2v) is 3.81. The first-order chi connectivity index (χ1) is 10.1. The number of amides is 2. The van der Waals surface area contributed by atoms with Crippen LogP contribution in [0, 0.1) is 0 Å². The molecule has 1 rings (SSSR count). The number of hydrogen-bond acceptors (Lipinski definition) is 7. The summed E-state index contributed by atoms with van der Waals surface area (Å²) in [6.45, 7) is 5.79. The molecule has 0 aromatic heterocycles. The van der Waals surface area contributed by atoms with Crippen LogP contribution in [-0.4, -0.2) is 55.8 Å². The van der Waals surface area contributed by atoms with Gasteiger partial charge in [0.2, 0.25) is 0 Å². The van der Waals surface area contributed by atoms with Gasteiger partial charge in [-0.05, 0) is 0 Å². The summed E-state index contributed by atoms with van der Waals surface area (Å²) in [6, 6.07) is 0. The van der Waals surface area contributed by atoms with Crippen LogP contribution in [0.25, 0.3) is 0 Å². The molecule has 8 nitrogen and oxygen atoms in total. The van der Waals surface area contributed by atoms with E-state index >= 15 is 0 Å². The van der Waals surface area contributed by atoms with Crippen LogP contribution >= 0.6 is 0 Å². The Morgan fingerprint density at radius 2 is 1.57 bits per heavy atom. The normalized spacial score (nSPS) is 14.0. The lowest BCUT2D eigenvalue weighted by molar-refractivity contribution is -0.198. The fourth-order valence-electron chi connectivity index (χ4n) is 1.37. The Bertz CT molecular complexity index is 319. The van der Waals surface area contributed by atoms with Crippen molar-refractivity contribution in [2.45, 2.75) is 33.1 Å². The minimum Gasteiger partial charge on any atom is -0.378 e. The van der Waals surface area contributed by atoms with Crippen LogP contribution in [0.2, 0.25) is 0 Å². The van der Waals surface area contributed by atoms with E-state index in [1.165, 1.54) is 0 Å². The average molecular weight is 304 g/mol. The van der Waals surface area contributed by atoms with Gasteiger partial charge in [-0.25, -0.2) is 4.79 Å². The zero-order valence-corrected chi connectivity index (χ0v) is 12.6. The molecule has 1 heterocycles. The number of ether oxygens (including phenoxy) is 2. The predicted molar refractivity (Wildman–Crippen MR) is 73.8 cm³/mol. The van der Waals surface area contributed by atoms with Gasteiger partial charge in [-0.2, -0.15) is 0 Å². The highest BCUT2D eigenvalue weighted by Crippen LogP contribution is 2.12. The molecule has 1 aliphatic heterocycles. The maximum atomic E-state index is 11.3. The Kier molecular flexibility index (Phi) is 11.4. The second-order valence-electron chi connectivity index (χ2n) is 3.81. The lowest BCUT2D eigenvalue weighted by Gasteiger charge is -2.12. The number of nitrogens with zero attached hydrogens (tertiary/aromatic N) is 1. The van der Waals surface area contributed by atoms with Crippen molar-refractivity contribution < 1.29 is 28.7 Å². The van der Waals surface area contributed by atoms with Gasteiger partial charge in [-0.1, -0.05) is 13.8 Å². The molecule has 0 atom stereocenters. The molecule has 0 radical (unpaired) electrons. The van der Waals surface area contributed by atoms with Gasteiger partial charge < -0.3 is 20.0 Å². The van der Waals surface area contributed by atoms with Gasteiger partial charge >= 0.3 is 5.97 Å². The molecule has 1 aliphatic rings. The second kappa shape index (κ2) is 12.2. The van der Waals surface area contributed by atoms with Crippen molar-refractivity contribution >= 4 is 17.8 Å². The molecule has 0 unspecified atom stereocenters. The maximum Gasteiger partial charge on any atom is 0.335 e. The number of hydrogen-bond donors (Lipinski definition) is 1. The van der Waals surface area contributed by atoms with Gasteiger partial charge in [0.15, 0.2) is 0 Å². The largest absolute Gasteiger partial charge is 0.378 e. The molecule has 2 N–H and O–H groups in total. The Morgan fingerprint density at radius 3 is 2.10 bits per heavy atom. The Morgan fingerprint density at radius 1 is 1.05 bits per heavy atom. The Balaban J connectivity index is 0.00000191. The van der Waals surface area contributed by atoms with E-state index in [1.807, 2.05) is 13.8 Å². The van der Waals surface area contributed by atoms with Crippen LogP contribution in [0.5, 0.6) is 0 Å². The first kappa shape index (κ1) is 19.5. The van der Waals surface area contributed by atoms with Gasteiger partial charge in [0, 0.05) is 19.4 Å². The summed E-state index contributed by atoms with van der Waals surface area (Å²) in [7, 11) is 0. The van der Waals surface area contributed by atoms with Crippen molar-refractivity contribution in [2.24, 2.45) is 5.73 Å². The minimum absolute atomic E-state index is 0.0338. The van der Waals surface area contributed by atoms with Crippen molar-refractivity contribution in [3.63, 3.8) is 0 Å². The molecule has 0 saturated carbocycles. The van der Waals surface area contributed by atoms with Gasteiger partial charge in [-0.15, -0.1) is 5.06 Å². The standard InChI is InChI=1S/C11H18N2O6.C2H6/c12-4-6-18-8-7-17-5-3-11(16)19-13-9(14)1-2-10(13)15;1-2/h1-8,12H2;1-2H3. The maximum absolute atomic E-state index is 11.3. The van der Waals surface area contributed by atoms with Crippen LogP contribution in [0.4, 0.5) is 0 Å². The van der Waals surface area contributed by atoms with Gasteiger partial charge in [0.1, 0.15) is 0 Å². The highest BCUT2D eigenvalue weighted by Gasteiger charge is 2.32. The number of carbonyl (C=O) groups is 3. The highest BCUT2D eigenvalue weighted by atomic mass is 16.7. The summed E-state index contributed by atoms with van der Waals surface area (Å²) in [5.41, 5.74) is 5.22. The Hall–Kier alpha value is -1.51. The first-order valence-corrected chi connectivity index (χ1v) is 7.07. The van der Waals surface area contributed by atoms with Gasteiger partial charge in [0.25, 0.3) is 11.8 Å². The van der Waals surface area contributed by atoms with E-state index in [4.69, 9.17) is 15.2 Å². The van der Waals surface area contributed by atoms with Gasteiger partial charge in [-0.3, -0.25) is 9.59 Å². The number of rotatable bonds is 9. The predicted octanol–water partition coefficient (Wildman–Crippen LogP) is 0.00180. The van der Waals surface area contributed by atoms with Crippen LogP contribution in [0.3, 0.4) is 0 Å². The number of hydroxylamine groups is 2. The van der Waals surface area contributed by atoms with E-state index in [2.05, 4.69) is 4.84 Å². The molecule has 0 bridgehead atoms. The number of carbonyl (C=O) groups excluding carboxylic acids is 3. The summed E-state index contributed by atoms with van der Waals surface area (Å²) < 4.78 is 10.2. The van der Waals surface area contributed by atoms with E-state index < -0.39 is 17.8 Å². The summed E-state index contributed by atoms with van der Waals surface area (Å²) in [4.78, 5) is 38.3. The van der Waals surface area contributed by atoms with Crippen LogP contribution < -0.4 is 5.73 Å². The molecule has 0 spiro atoms. The Labute approximate surface area is 124 Å². The number of nitrogens with two attached hydrogens (primary N) is 1. The fraction of sp³-hybridized carbons (Fsp3) is 0.769. The third-order valence-electron chi connectivity index (χ3n) is 2.28. The number of imide groups is 1. The average Bonchev–Trinajstić information content (AvgIpc) is 2.80. The third kappa shape index (κ3) is 8.38.